The number of nitrogens with one attached hydrogen (secondary N) is 1. The molecule has 3 atom stereocenters. The lowest BCUT2D eigenvalue weighted by Crippen LogP contribution is -2.46. The van der Waals surface area contributed by atoms with E-state index in [4.69, 9.17) is 5.73 Å². The number of benzene rings is 1. The molecule has 1 aliphatic heterocycles. The van der Waals surface area contributed by atoms with Crippen LogP contribution in [0.25, 0.3) is 0 Å². The first-order valence-corrected chi connectivity index (χ1v) is 6.60. The van der Waals surface area contributed by atoms with Gasteiger partial charge in [0.1, 0.15) is 0 Å². The minimum atomic E-state index is -0.557. The van der Waals surface area contributed by atoms with Crippen molar-refractivity contribution in [3.8, 4) is 0 Å². The Balaban J connectivity index is 2.18. The molecule has 1 fully saturated rings. The highest BCUT2D eigenvalue weighted by molar-refractivity contribution is 5.28. The second-order valence-electron chi connectivity index (χ2n) is 6.31. The Labute approximate surface area is 109 Å². The minimum absolute atomic E-state index is 0.105. The lowest BCUT2D eigenvalue weighted by Gasteiger charge is -2.32. The summed E-state index contributed by atoms with van der Waals surface area (Å²) < 4.78 is 0. The maximum Gasteiger partial charge on any atom is 0.0720 e. The third-order valence-corrected chi connectivity index (χ3v) is 4.02. The summed E-state index contributed by atoms with van der Waals surface area (Å²) in [6.07, 6.45) is 0.193. The van der Waals surface area contributed by atoms with E-state index in [1.165, 1.54) is 5.56 Å². The second kappa shape index (κ2) is 4.65. The van der Waals surface area contributed by atoms with Crippen molar-refractivity contribution in [3.05, 3.63) is 35.9 Å². The van der Waals surface area contributed by atoms with Crippen LogP contribution >= 0.6 is 0 Å². The Bertz CT molecular complexity index is 393. The molecule has 1 aromatic rings. The van der Waals surface area contributed by atoms with Crippen molar-refractivity contribution in [2.24, 2.45) is 5.73 Å². The van der Waals surface area contributed by atoms with Crippen LogP contribution in [0.2, 0.25) is 0 Å². The van der Waals surface area contributed by atoms with Crippen LogP contribution in [0.1, 0.15) is 38.7 Å². The fourth-order valence-corrected chi connectivity index (χ4v) is 2.36. The van der Waals surface area contributed by atoms with Crippen molar-refractivity contribution < 1.29 is 5.11 Å². The van der Waals surface area contributed by atoms with Gasteiger partial charge in [-0.1, -0.05) is 30.3 Å². The van der Waals surface area contributed by atoms with Crippen molar-refractivity contribution in [3.63, 3.8) is 0 Å². The molecular weight excluding hydrogens is 224 g/mol. The summed E-state index contributed by atoms with van der Waals surface area (Å²) in [7, 11) is 0. The molecule has 100 valence electrons. The number of aliphatic hydroxyl groups is 1. The third-order valence-electron chi connectivity index (χ3n) is 4.02. The average molecular weight is 248 g/mol. The summed E-state index contributed by atoms with van der Waals surface area (Å²) in [6.45, 7) is 6.97. The Morgan fingerprint density at radius 1 is 1.39 bits per heavy atom. The normalized spacial score (nSPS) is 26.7. The molecule has 0 spiro atoms. The molecule has 0 amide bonds. The summed E-state index contributed by atoms with van der Waals surface area (Å²) in [5.74, 6) is 0.302. The molecule has 0 bridgehead atoms. The van der Waals surface area contributed by atoms with Gasteiger partial charge >= 0.3 is 0 Å². The molecule has 3 nitrogen and oxygen atoms in total. The zero-order chi connectivity index (χ0) is 13.4. The van der Waals surface area contributed by atoms with E-state index in [1.807, 2.05) is 32.0 Å². The van der Waals surface area contributed by atoms with E-state index in [-0.39, 0.29) is 5.54 Å². The van der Waals surface area contributed by atoms with Crippen molar-refractivity contribution in [2.45, 2.75) is 50.3 Å². The van der Waals surface area contributed by atoms with Crippen molar-refractivity contribution in [2.75, 3.05) is 6.54 Å². The first-order chi connectivity index (χ1) is 8.33. The van der Waals surface area contributed by atoms with Gasteiger partial charge in [-0.05, 0) is 32.8 Å². The van der Waals surface area contributed by atoms with Crippen LogP contribution in [0.3, 0.4) is 0 Å². The highest BCUT2D eigenvalue weighted by atomic mass is 16.3. The van der Waals surface area contributed by atoms with Crippen molar-refractivity contribution in [1.29, 1.82) is 0 Å². The van der Waals surface area contributed by atoms with Crippen LogP contribution < -0.4 is 11.1 Å². The van der Waals surface area contributed by atoms with Gasteiger partial charge in [-0.15, -0.1) is 0 Å². The van der Waals surface area contributed by atoms with E-state index in [9.17, 15) is 5.11 Å². The lowest BCUT2D eigenvalue weighted by atomic mass is 9.79. The van der Waals surface area contributed by atoms with Gasteiger partial charge in [0.2, 0.25) is 0 Å². The largest absolute Gasteiger partial charge is 0.391 e. The predicted octanol–water partition coefficient (Wildman–Crippen LogP) is 1.62. The second-order valence-corrected chi connectivity index (χ2v) is 6.31. The molecule has 1 saturated heterocycles. The highest BCUT2D eigenvalue weighted by Gasteiger charge is 2.46. The third kappa shape index (κ3) is 2.91. The fraction of sp³-hybridized carbons (Fsp3) is 0.600. The van der Waals surface area contributed by atoms with Crippen molar-refractivity contribution >= 4 is 0 Å². The van der Waals surface area contributed by atoms with Crippen LogP contribution in [0, 0.1) is 0 Å². The number of rotatable bonds is 5. The Morgan fingerprint density at radius 2 is 1.94 bits per heavy atom. The fourth-order valence-electron chi connectivity index (χ4n) is 2.36. The number of aliphatic hydroxyl groups excluding tert-OH is 1. The van der Waals surface area contributed by atoms with Gasteiger partial charge < -0.3 is 16.2 Å². The summed E-state index contributed by atoms with van der Waals surface area (Å²) in [5.41, 5.74) is 6.82. The number of hydrogen-bond donors (Lipinski definition) is 3. The average Bonchev–Trinajstić information content (AvgIpc) is 3.04. The number of hydrogen-bond acceptors (Lipinski definition) is 3. The van der Waals surface area contributed by atoms with Gasteiger partial charge in [0.25, 0.3) is 0 Å². The molecule has 3 heteroatoms. The zero-order valence-corrected chi connectivity index (χ0v) is 11.5. The molecule has 1 aromatic carbocycles. The molecule has 3 unspecified atom stereocenters. The van der Waals surface area contributed by atoms with Crippen LogP contribution in [0.5, 0.6) is 0 Å². The maximum absolute atomic E-state index is 10.3. The molecule has 0 saturated carbocycles. The Kier molecular flexibility index (Phi) is 3.49. The van der Waals surface area contributed by atoms with Crippen LogP contribution in [0.15, 0.2) is 30.3 Å². The lowest BCUT2D eigenvalue weighted by molar-refractivity contribution is 0.0841. The molecule has 1 aliphatic rings. The van der Waals surface area contributed by atoms with E-state index in [2.05, 4.69) is 24.4 Å². The SMILES string of the molecule is CC(C)(N)C(O)CC(c1ccccc1)C1(C)CN1. The van der Waals surface area contributed by atoms with Gasteiger partial charge in [-0.3, -0.25) is 0 Å². The van der Waals surface area contributed by atoms with Crippen LogP contribution in [-0.2, 0) is 0 Å². The molecule has 0 radical (unpaired) electrons. The zero-order valence-electron chi connectivity index (χ0n) is 11.5. The molecular formula is C15H24N2O. The smallest absolute Gasteiger partial charge is 0.0720 e. The van der Waals surface area contributed by atoms with Gasteiger partial charge in [0.15, 0.2) is 0 Å². The van der Waals surface area contributed by atoms with E-state index < -0.39 is 11.6 Å². The van der Waals surface area contributed by atoms with E-state index in [0.29, 0.717) is 12.3 Å². The summed E-state index contributed by atoms with van der Waals surface area (Å²) in [4.78, 5) is 0. The van der Waals surface area contributed by atoms with Gasteiger partial charge in [-0.25, -0.2) is 0 Å². The molecule has 1 heterocycles. The van der Waals surface area contributed by atoms with Gasteiger partial charge in [-0.2, -0.15) is 0 Å². The summed E-state index contributed by atoms with van der Waals surface area (Å²) in [6, 6.07) is 10.4. The van der Waals surface area contributed by atoms with E-state index in [1.54, 1.807) is 0 Å². The first kappa shape index (κ1) is 13.5. The molecule has 2 rings (SSSR count). The van der Waals surface area contributed by atoms with Gasteiger partial charge in [0.05, 0.1) is 6.10 Å². The molecule has 18 heavy (non-hydrogen) atoms. The summed E-state index contributed by atoms with van der Waals surface area (Å²) in [5, 5.41) is 13.7. The number of nitrogens with two attached hydrogens (primary N) is 1. The van der Waals surface area contributed by atoms with E-state index >= 15 is 0 Å². The molecule has 0 aromatic heterocycles. The molecule has 0 aliphatic carbocycles. The van der Waals surface area contributed by atoms with Crippen molar-refractivity contribution in [1.82, 2.24) is 5.32 Å². The van der Waals surface area contributed by atoms with Crippen LogP contribution in [-0.4, -0.2) is 28.8 Å². The standard InChI is InChI=1S/C15H24N2O/c1-14(2,16)13(18)9-12(15(3)10-17-15)11-7-5-4-6-8-11/h4-8,12-13,17-18H,9-10,16H2,1-3H3. The highest BCUT2D eigenvalue weighted by Crippen LogP contribution is 2.39. The minimum Gasteiger partial charge on any atom is -0.391 e. The quantitative estimate of drug-likeness (QED) is 0.694. The summed E-state index contributed by atoms with van der Waals surface area (Å²) >= 11 is 0. The predicted molar refractivity (Wildman–Crippen MR) is 74.5 cm³/mol. The topological polar surface area (TPSA) is 68.2 Å². The monoisotopic (exact) mass is 248 g/mol. The Hall–Kier alpha value is -0.900. The van der Waals surface area contributed by atoms with Gasteiger partial charge in [0, 0.05) is 23.5 Å². The maximum atomic E-state index is 10.3. The van der Waals surface area contributed by atoms with Crippen LogP contribution in [0.4, 0.5) is 0 Å². The molecule has 4 N–H and O–H groups in total. The van der Waals surface area contributed by atoms with E-state index in [0.717, 1.165) is 6.54 Å². The first-order valence-electron chi connectivity index (χ1n) is 6.60. The Morgan fingerprint density at radius 3 is 2.39 bits per heavy atom.